The van der Waals surface area contributed by atoms with E-state index in [1.807, 2.05) is 0 Å². The molecule has 2 aromatic rings. The van der Waals surface area contributed by atoms with E-state index in [4.69, 9.17) is 23.2 Å². The normalized spacial score (nSPS) is 20.0. The Kier molecular flexibility index (Phi) is 9.31. The molecule has 2 aliphatic heterocycles. The van der Waals surface area contributed by atoms with Gasteiger partial charge in [-0.3, -0.25) is 9.59 Å². The molecule has 228 valence electrons. The first kappa shape index (κ1) is 31.9. The van der Waals surface area contributed by atoms with Crippen LogP contribution in [0.15, 0.2) is 42.5 Å². The van der Waals surface area contributed by atoms with Gasteiger partial charge < -0.3 is 20.0 Å². The number of anilines is 1. The Morgan fingerprint density at radius 3 is 2.10 bits per heavy atom. The van der Waals surface area contributed by atoms with E-state index < -0.39 is 34.1 Å². The number of amides is 4. The fraction of sp³-hybridized carbons (Fsp3) is 0.423. The predicted octanol–water partition coefficient (Wildman–Crippen LogP) is 3.73. The van der Waals surface area contributed by atoms with Crippen LogP contribution in [0.25, 0.3) is 0 Å². The summed E-state index contributed by atoms with van der Waals surface area (Å²) < 4.78 is 62.8. The standard InChI is InChI=1S/C26H28Cl2F3N5O5S/c1-33(23(37)16-3-6-18(7-4-16)32-24(38)26(29,30)31)22-15-35(14-19(22)17-5-8-20(27)21(28)13-17)25(39)34-9-11-36(12-10-34)42(2,40)41/h3-8,13,19,22H,9-12,14-15H2,1-2H3,(H,32,38)/t19?,22-/m1/s1. The molecule has 42 heavy (non-hydrogen) atoms. The number of alkyl halides is 3. The van der Waals surface area contributed by atoms with Gasteiger partial charge in [0.25, 0.3) is 5.91 Å². The van der Waals surface area contributed by atoms with E-state index >= 15 is 0 Å². The average Bonchev–Trinajstić information content (AvgIpc) is 3.38. The van der Waals surface area contributed by atoms with Crippen molar-refractivity contribution in [2.24, 2.45) is 0 Å². The molecule has 1 N–H and O–H groups in total. The number of piperazine rings is 1. The molecular formula is C26H28Cl2F3N5O5S. The van der Waals surface area contributed by atoms with E-state index in [1.165, 1.54) is 33.5 Å². The van der Waals surface area contributed by atoms with Gasteiger partial charge >= 0.3 is 18.1 Å². The van der Waals surface area contributed by atoms with Crippen LogP contribution < -0.4 is 5.32 Å². The Morgan fingerprint density at radius 1 is 0.929 bits per heavy atom. The number of rotatable bonds is 5. The first-order valence-corrected chi connectivity index (χ1v) is 15.4. The van der Waals surface area contributed by atoms with Gasteiger partial charge in [-0.1, -0.05) is 29.3 Å². The third kappa shape index (κ3) is 7.10. The van der Waals surface area contributed by atoms with Gasteiger partial charge in [-0.05, 0) is 42.0 Å². The highest BCUT2D eigenvalue weighted by molar-refractivity contribution is 7.88. The van der Waals surface area contributed by atoms with Crippen LogP contribution in [0.5, 0.6) is 0 Å². The molecule has 0 spiro atoms. The van der Waals surface area contributed by atoms with Gasteiger partial charge in [0.15, 0.2) is 0 Å². The second-order valence-electron chi connectivity index (χ2n) is 10.1. The number of nitrogens with one attached hydrogen (secondary N) is 1. The maximum absolute atomic E-state index is 13.5. The van der Waals surface area contributed by atoms with Crippen molar-refractivity contribution >= 4 is 56.8 Å². The Balaban J connectivity index is 1.53. The maximum atomic E-state index is 13.5. The third-order valence-electron chi connectivity index (χ3n) is 7.37. The topological polar surface area (TPSA) is 110 Å². The quantitative estimate of drug-likeness (QED) is 0.531. The molecule has 2 atom stereocenters. The lowest BCUT2D eigenvalue weighted by molar-refractivity contribution is -0.167. The number of sulfonamides is 1. The molecule has 4 amide bonds. The molecule has 1 unspecified atom stereocenters. The second-order valence-corrected chi connectivity index (χ2v) is 12.9. The zero-order valence-corrected chi connectivity index (χ0v) is 24.9. The van der Waals surface area contributed by atoms with Crippen molar-refractivity contribution in [3.05, 3.63) is 63.6 Å². The van der Waals surface area contributed by atoms with E-state index in [-0.39, 0.29) is 62.5 Å². The average molecular weight is 651 g/mol. The SMILES string of the molecule is CN(C(=O)c1ccc(NC(=O)C(F)(F)F)cc1)[C@@H]1CN(C(=O)N2CCN(S(C)(=O)=O)CC2)CC1c1ccc(Cl)c(Cl)c1. The Morgan fingerprint density at radius 2 is 1.55 bits per heavy atom. The Labute approximate surface area is 251 Å². The molecule has 10 nitrogen and oxygen atoms in total. The molecule has 16 heteroatoms. The van der Waals surface area contributed by atoms with Gasteiger partial charge in [-0.15, -0.1) is 0 Å². The van der Waals surface area contributed by atoms with Crippen molar-refractivity contribution in [3.8, 4) is 0 Å². The molecular weight excluding hydrogens is 622 g/mol. The molecule has 0 aromatic heterocycles. The number of likely N-dealkylation sites (tertiary alicyclic amines) is 1. The van der Waals surface area contributed by atoms with E-state index in [9.17, 15) is 36.0 Å². The maximum Gasteiger partial charge on any atom is 0.471 e. The highest BCUT2D eigenvalue weighted by Crippen LogP contribution is 2.35. The molecule has 2 heterocycles. The van der Waals surface area contributed by atoms with Gasteiger partial charge in [-0.25, -0.2) is 13.2 Å². The predicted molar refractivity (Wildman–Crippen MR) is 151 cm³/mol. The summed E-state index contributed by atoms with van der Waals surface area (Å²) in [5.74, 6) is -2.94. The van der Waals surface area contributed by atoms with Crippen LogP contribution >= 0.6 is 23.2 Å². The molecule has 0 radical (unpaired) electrons. The summed E-state index contributed by atoms with van der Waals surface area (Å²) in [4.78, 5) is 42.8. The number of benzene rings is 2. The highest BCUT2D eigenvalue weighted by Gasteiger charge is 2.42. The first-order chi connectivity index (χ1) is 19.6. The second kappa shape index (κ2) is 12.3. The largest absolute Gasteiger partial charge is 0.471 e. The van der Waals surface area contributed by atoms with Crippen molar-refractivity contribution in [1.29, 1.82) is 0 Å². The fourth-order valence-electron chi connectivity index (χ4n) is 5.07. The molecule has 2 aliphatic rings. The van der Waals surface area contributed by atoms with E-state index in [1.54, 1.807) is 40.4 Å². The van der Waals surface area contributed by atoms with Crippen LogP contribution in [0.1, 0.15) is 21.8 Å². The van der Waals surface area contributed by atoms with Gasteiger partial charge in [-0.2, -0.15) is 17.5 Å². The van der Waals surface area contributed by atoms with Gasteiger partial charge in [0.05, 0.1) is 22.3 Å². The van der Waals surface area contributed by atoms with Gasteiger partial charge in [0.2, 0.25) is 10.0 Å². The van der Waals surface area contributed by atoms with Crippen LogP contribution in [-0.4, -0.2) is 110 Å². The van der Waals surface area contributed by atoms with E-state index in [0.717, 1.165) is 11.8 Å². The Hall–Kier alpha value is -3.07. The van der Waals surface area contributed by atoms with E-state index in [0.29, 0.717) is 10.0 Å². The summed E-state index contributed by atoms with van der Waals surface area (Å²) in [6, 6.07) is 9.26. The minimum atomic E-state index is -5.05. The zero-order valence-electron chi connectivity index (χ0n) is 22.6. The molecule has 0 saturated carbocycles. The number of hydrogen-bond donors (Lipinski definition) is 1. The third-order valence-corrected chi connectivity index (χ3v) is 9.42. The minimum absolute atomic E-state index is 0.126. The summed E-state index contributed by atoms with van der Waals surface area (Å²) in [5, 5.41) is 2.38. The fourth-order valence-corrected chi connectivity index (χ4v) is 6.20. The molecule has 2 aromatic carbocycles. The minimum Gasteiger partial charge on any atom is -0.336 e. The number of nitrogens with zero attached hydrogens (tertiary/aromatic N) is 4. The summed E-state index contributed by atoms with van der Waals surface area (Å²) in [7, 11) is -1.81. The number of hydrogen-bond acceptors (Lipinski definition) is 5. The lowest BCUT2D eigenvalue weighted by atomic mass is 9.93. The number of carbonyl (C=O) groups excluding carboxylic acids is 3. The van der Waals surface area contributed by atoms with Crippen molar-refractivity contribution in [2.45, 2.75) is 18.1 Å². The number of halogens is 5. The number of likely N-dealkylation sites (N-methyl/N-ethyl adjacent to an activating group) is 1. The molecule has 2 saturated heterocycles. The van der Waals surface area contributed by atoms with Crippen LogP contribution in [-0.2, 0) is 14.8 Å². The molecule has 0 bridgehead atoms. The molecule has 0 aliphatic carbocycles. The first-order valence-electron chi connectivity index (χ1n) is 12.8. The summed E-state index contributed by atoms with van der Waals surface area (Å²) in [6.45, 7) is 1.20. The van der Waals surface area contributed by atoms with Gasteiger partial charge in [0.1, 0.15) is 0 Å². The lowest BCUT2D eigenvalue weighted by Gasteiger charge is -2.35. The molecule has 4 rings (SSSR count). The number of urea groups is 1. The van der Waals surface area contributed by atoms with Crippen molar-refractivity contribution in [1.82, 2.24) is 19.0 Å². The van der Waals surface area contributed by atoms with Crippen molar-refractivity contribution in [2.75, 3.05) is 57.9 Å². The van der Waals surface area contributed by atoms with Crippen LogP contribution in [0.2, 0.25) is 10.0 Å². The van der Waals surface area contributed by atoms with Crippen LogP contribution in [0, 0.1) is 0 Å². The van der Waals surface area contributed by atoms with E-state index in [2.05, 4.69) is 0 Å². The Bertz CT molecular complexity index is 1470. The van der Waals surface area contributed by atoms with Crippen LogP contribution in [0.3, 0.4) is 0 Å². The van der Waals surface area contributed by atoms with Crippen LogP contribution in [0.4, 0.5) is 23.7 Å². The summed E-state index contributed by atoms with van der Waals surface area (Å²) in [5.41, 5.74) is 0.785. The summed E-state index contributed by atoms with van der Waals surface area (Å²) >= 11 is 12.4. The summed E-state index contributed by atoms with van der Waals surface area (Å²) in [6.07, 6.45) is -3.93. The molecule has 2 fully saturated rings. The monoisotopic (exact) mass is 649 g/mol. The number of carbonyl (C=O) groups is 3. The lowest BCUT2D eigenvalue weighted by Crippen LogP contribution is -2.53. The van der Waals surface area contributed by atoms with Gasteiger partial charge in [0, 0.05) is 63.5 Å². The van der Waals surface area contributed by atoms with Crippen molar-refractivity contribution in [3.63, 3.8) is 0 Å². The zero-order chi connectivity index (χ0) is 31.0. The highest BCUT2D eigenvalue weighted by atomic mass is 35.5. The smallest absolute Gasteiger partial charge is 0.336 e. The van der Waals surface area contributed by atoms with Crippen molar-refractivity contribution < 1.29 is 36.0 Å².